The molecule has 0 unspecified atom stereocenters. The van der Waals surface area contributed by atoms with Gasteiger partial charge in [-0.05, 0) is 19.9 Å². The van der Waals surface area contributed by atoms with Crippen molar-refractivity contribution in [3.63, 3.8) is 0 Å². The van der Waals surface area contributed by atoms with Crippen molar-refractivity contribution < 1.29 is 14.6 Å². The Morgan fingerprint density at radius 2 is 2.06 bits per heavy atom. The second-order valence-corrected chi connectivity index (χ2v) is 5.19. The monoisotopic (exact) mass is 251 g/mol. The smallest absolute Gasteiger partial charge is 0.165 e. The van der Waals surface area contributed by atoms with E-state index in [0.717, 1.165) is 23.5 Å². The molecule has 0 fully saturated rings. The number of hydrogen-bond donors (Lipinski definition) is 2. The van der Waals surface area contributed by atoms with Gasteiger partial charge in [0.25, 0.3) is 0 Å². The Kier molecular flexibility index (Phi) is 4.09. The van der Waals surface area contributed by atoms with Gasteiger partial charge in [-0.15, -0.1) is 0 Å². The molecule has 0 radical (unpaired) electrons. The summed E-state index contributed by atoms with van der Waals surface area (Å²) in [6.45, 7) is 6.07. The number of rotatable bonds is 4. The minimum Gasteiger partial charge on any atom is -0.490 e. The molecule has 0 bridgehead atoms. The second-order valence-electron chi connectivity index (χ2n) is 5.19. The summed E-state index contributed by atoms with van der Waals surface area (Å²) in [4.78, 5) is 0. The Morgan fingerprint density at radius 3 is 2.83 bits per heavy atom. The van der Waals surface area contributed by atoms with Gasteiger partial charge in [0.2, 0.25) is 0 Å². The maximum Gasteiger partial charge on any atom is 0.165 e. The Labute approximate surface area is 108 Å². The summed E-state index contributed by atoms with van der Waals surface area (Å²) in [6, 6.07) is 5.92. The van der Waals surface area contributed by atoms with Crippen molar-refractivity contribution in [2.24, 2.45) is 0 Å². The van der Waals surface area contributed by atoms with Gasteiger partial charge >= 0.3 is 0 Å². The summed E-state index contributed by atoms with van der Waals surface area (Å²) >= 11 is 0. The molecular weight excluding hydrogens is 230 g/mol. The van der Waals surface area contributed by atoms with Crippen LogP contribution in [0.4, 0.5) is 0 Å². The zero-order chi connectivity index (χ0) is 13.0. The summed E-state index contributed by atoms with van der Waals surface area (Å²) in [5, 5.41) is 12.5. The van der Waals surface area contributed by atoms with Crippen LogP contribution in [0.5, 0.6) is 11.5 Å². The third-order valence-corrected chi connectivity index (χ3v) is 3.01. The summed E-state index contributed by atoms with van der Waals surface area (Å²) in [5.41, 5.74) is 0.768. The number of aliphatic hydroxyl groups is 1. The molecule has 0 aliphatic carbocycles. The van der Waals surface area contributed by atoms with Gasteiger partial charge in [0.15, 0.2) is 11.5 Å². The number of fused-ring (bicyclic) bond motifs is 1. The van der Waals surface area contributed by atoms with Crippen LogP contribution in [0.15, 0.2) is 18.2 Å². The van der Waals surface area contributed by atoms with Crippen molar-refractivity contribution in [2.45, 2.75) is 32.4 Å². The van der Waals surface area contributed by atoms with Gasteiger partial charge in [0, 0.05) is 24.1 Å². The zero-order valence-electron chi connectivity index (χ0n) is 11.0. The minimum atomic E-state index is -0.297. The third-order valence-electron chi connectivity index (χ3n) is 3.01. The fourth-order valence-electron chi connectivity index (χ4n) is 1.78. The van der Waals surface area contributed by atoms with E-state index in [1.54, 1.807) is 0 Å². The topological polar surface area (TPSA) is 50.7 Å². The molecule has 1 aromatic carbocycles. The maximum absolute atomic E-state index is 9.24. The van der Waals surface area contributed by atoms with Crippen molar-refractivity contribution in [1.82, 2.24) is 5.32 Å². The molecule has 0 aromatic heterocycles. The van der Waals surface area contributed by atoms with Gasteiger partial charge in [0.1, 0.15) is 0 Å². The second kappa shape index (κ2) is 5.59. The summed E-state index contributed by atoms with van der Waals surface area (Å²) in [7, 11) is 0. The third kappa shape index (κ3) is 3.15. The van der Waals surface area contributed by atoms with Gasteiger partial charge in [-0.25, -0.2) is 0 Å². The molecule has 0 amide bonds. The molecule has 2 rings (SSSR count). The van der Waals surface area contributed by atoms with Crippen molar-refractivity contribution in [1.29, 1.82) is 0 Å². The highest BCUT2D eigenvalue weighted by Crippen LogP contribution is 2.33. The predicted molar refractivity (Wildman–Crippen MR) is 70.1 cm³/mol. The molecule has 1 aliphatic rings. The zero-order valence-corrected chi connectivity index (χ0v) is 11.0. The Morgan fingerprint density at radius 1 is 1.28 bits per heavy atom. The van der Waals surface area contributed by atoms with E-state index in [9.17, 15) is 5.11 Å². The quantitative estimate of drug-likeness (QED) is 0.855. The molecule has 0 atom stereocenters. The van der Waals surface area contributed by atoms with Crippen LogP contribution in [0.1, 0.15) is 25.8 Å². The molecule has 18 heavy (non-hydrogen) atoms. The molecule has 0 saturated carbocycles. The lowest BCUT2D eigenvalue weighted by Gasteiger charge is -2.24. The lowest BCUT2D eigenvalue weighted by molar-refractivity contribution is 0.187. The largest absolute Gasteiger partial charge is 0.490 e. The van der Waals surface area contributed by atoms with E-state index in [1.807, 2.05) is 32.0 Å². The molecule has 100 valence electrons. The van der Waals surface area contributed by atoms with Crippen LogP contribution in [-0.4, -0.2) is 30.5 Å². The number of nitrogens with one attached hydrogen (secondary N) is 1. The molecule has 2 N–H and O–H groups in total. The van der Waals surface area contributed by atoms with Gasteiger partial charge in [-0.3, -0.25) is 0 Å². The Hall–Kier alpha value is -1.26. The summed E-state index contributed by atoms with van der Waals surface area (Å²) < 4.78 is 11.4. The fraction of sp³-hybridized carbons (Fsp3) is 0.571. The molecule has 1 aliphatic heterocycles. The number of aliphatic hydroxyl groups excluding tert-OH is 1. The maximum atomic E-state index is 9.24. The Bertz CT molecular complexity index is 404. The highest BCUT2D eigenvalue weighted by Gasteiger charge is 2.18. The van der Waals surface area contributed by atoms with E-state index >= 15 is 0 Å². The number of ether oxygens (including phenoxy) is 2. The van der Waals surface area contributed by atoms with Gasteiger partial charge in [-0.1, -0.05) is 12.1 Å². The first-order valence-corrected chi connectivity index (χ1v) is 6.36. The fourth-order valence-corrected chi connectivity index (χ4v) is 1.78. The van der Waals surface area contributed by atoms with E-state index < -0.39 is 0 Å². The molecule has 1 heterocycles. The van der Waals surface area contributed by atoms with Crippen LogP contribution in [0, 0.1) is 0 Å². The lowest BCUT2D eigenvalue weighted by atomic mass is 10.1. The van der Waals surface area contributed by atoms with E-state index in [4.69, 9.17) is 9.47 Å². The van der Waals surface area contributed by atoms with Crippen molar-refractivity contribution in [3.8, 4) is 11.5 Å². The molecule has 4 nitrogen and oxygen atoms in total. The van der Waals surface area contributed by atoms with E-state index in [2.05, 4.69) is 5.32 Å². The van der Waals surface area contributed by atoms with Crippen LogP contribution in [0.3, 0.4) is 0 Å². The van der Waals surface area contributed by atoms with Gasteiger partial charge in [-0.2, -0.15) is 0 Å². The molecule has 0 spiro atoms. The average Bonchev–Trinajstić information content (AvgIpc) is 2.62. The highest BCUT2D eigenvalue weighted by atomic mass is 16.5. The molecular formula is C14H21NO3. The molecule has 0 saturated heterocycles. The normalized spacial score (nSPS) is 15.3. The minimum absolute atomic E-state index is 0.0966. The first-order valence-electron chi connectivity index (χ1n) is 6.36. The molecule has 1 aromatic rings. The van der Waals surface area contributed by atoms with Crippen LogP contribution >= 0.6 is 0 Å². The standard InChI is InChI=1S/C14H21NO3/c1-14(2,10-16)15-9-11-5-3-6-12-13(11)18-8-4-7-17-12/h3,5-6,15-16H,4,7-10H2,1-2H3. The van der Waals surface area contributed by atoms with Crippen molar-refractivity contribution >= 4 is 0 Å². The lowest BCUT2D eigenvalue weighted by Crippen LogP contribution is -2.42. The predicted octanol–water partition coefficient (Wildman–Crippen LogP) is 1.71. The number of benzene rings is 1. The number of hydrogen-bond acceptors (Lipinski definition) is 4. The number of para-hydroxylation sites is 1. The molecule has 4 heteroatoms. The van der Waals surface area contributed by atoms with E-state index in [0.29, 0.717) is 19.8 Å². The average molecular weight is 251 g/mol. The van der Waals surface area contributed by atoms with Crippen molar-refractivity contribution in [3.05, 3.63) is 23.8 Å². The summed E-state index contributed by atoms with van der Waals surface area (Å²) in [6.07, 6.45) is 0.906. The van der Waals surface area contributed by atoms with Crippen LogP contribution in [-0.2, 0) is 6.54 Å². The first kappa shape index (κ1) is 13.2. The van der Waals surface area contributed by atoms with Gasteiger partial charge in [0.05, 0.1) is 19.8 Å². The SMILES string of the molecule is CC(C)(CO)NCc1cccc2c1OCCCO2. The van der Waals surface area contributed by atoms with Crippen LogP contribution in [0.2, 0.25) is 0 Å². The first-order chi connectivity index (χ1) is 8.62. The Balaban J connectivity index is 2.13. The van der Waals surface area contributed by atoms with E-state index in [1.165, 1.54) is 0 Å². The van der Waals surface area contributed by atoms with Gasteiger partial charge < -0.3 is 19.9 Å². The highest BCUT2D eigenvalue weighted by molar-refractivity contribution is 5.47. The van der Waals surface area contributed by atoms with E-state index in [-0.39, 0.29) is 12.1 Å². The summed E-state index contributed by atoms with van der Waals surface area (Å²) in [5.74, 6) is 1.64. The van der Waals surface area contributed by atoms with Crippen LogP contribution < -0.4 is 14.8 Å². The van der Waals surface area contributed by atoms with Crippen LogP contribution in [0.25, 0.3) is 0 Å². The van der Waals surface area contributed by atoms with Crippen molar-refractivity contribution in [2.75, 3.05) is 19.8 Å².